The van der Waals surface area contributed by atoms with Crippen LogP contribution in [0.15, 0.2) is 28.3 Å². The SMILES string of the molecule is Cc1cnc(C(Cc2ccc(Br)s2)NN)nc1. The van der Waals surface area contributed by atoms with Gasteiger partial charge < -0.3 is 0 Å². The molecule has 1 unspecified atom stereocenters. The number of thiophene rings is 1. The fraction of sp³-hybridized carbons (Fsp3) is 0.273. The number of aryl methyl sites for hydroxylation is 1. The second-order valence-electron chi connectivity index (χ2n) is 3.75. The molecule has 0 aromatic carbocycles. The Hall–Kier alpha value is -0.820. The molecule has 0 aliphatic carbocycles. The van der Waals surface area contributed by atoms with Crippen LogP contribution < -0.4 is 11.3 Å². The molecule has 90 valence electrons. The van der Waals surface area contributed by atoms with Crippen molar-refractivity contribution in [3.63, 3.8) is 0 Å². The molecule has 0 saturated carbocycles. The molecule has 0 aliphatic rings. The first-order valence-corrected chi connectivity index (χ1v) is 6.79. The van der Waals surface area contributed by atoms with Gasteiger partial charge in [0.2, 0.25) is 0 Å². The average Bonchev–Trinajstić information content (AvgIpc) is 2.73. The lowest BCUT2D eigenvalue weighted by Gasteiger charge is -2.13. The molecule has 3 N–H and O–H groups in total. The molecular formula is C11H13BrN4S. The van der Waals surface area contributed by atoms with Crippen molar-refractivity contribution in [2.75, 3.05) is 0 Å². The van der Waals surface area contributed by atoms with Crippen molar-refractivity contribution in [1.82, 2.24) is 15.4 Å². The van der Waals surface area contributed by atoms with Crippen molar-refractivity contribution < 1.29 is 0 Å². The second kappa shape index (κ2) is 5.68. The van der Waals surface area contributed by atoms with Crippen LogP contribution in [0.4, 0.5) is 0 Å². The molecule has 0 fully saturated rings. The van der Waals surface area contributed by atoms with Gasteiger partial charge in [-0.2, -0.15) is 0 Å². The number of hydrogen-bond acceptors (Lipinski definition) is 5. The highest BCUT2D eigenvalue weighted by atomic mass is 79.9. The third-order valence-corrected chi connectivity index (χ3v) is 3.99. The van der Waals surface area contributed by atoms with Gasteiger partial charge in [-0.15, -0.1) is 11.3 Å². The van der Waals surface area contributed by atoms with Crippen LogP contribution >= 0.6 is 27.3 Å². The third kappa shape index (κ3) is 3.32. The van der Waals surface area contributed by atoms with Crippen LogP contribution in [0.3, 0.4) is 0 Å². The Morgan fingerprint density at radius 1 is 1.41 bits per heavy atom. The quantitative estimate of drug-likeness (QED) is 0.672. The first kappa shape index (κ1) is 12.6. The maximum Gasteiger partial charge on any atom is 0.146 e. The van der Waals surface area contributed by atoms with E-state index in [0.717, 1.165) is 21.6 Å². The van der Waals surface area contributed by atoms with E-state index in [-0.39, 0.29) is 6.04 Å². The Labute approximate surface area is 112 Å². The zero-order valence-corrected chi connectivity index (χ0v) is 11.8. The van der Waals surface area contributed by atoms with E-state index < -0.39 is 0 Å². The van der Waals surface area contributed by atoms with Gasteiger partial charge in [-0.1, -0.05) is 0 Å². The number of halogens is 1. The van der Waals surface area contributed by atoms with Crippen molar-refractivity contribution in [2.45, 2.75) is 19.4 Å². The van der Waals surface area contributed by atoms with E-state index in [1.54, 1.807) is 23.7 Å². The van der Waals surface area contributed by atoms with E-state index in [9.17, 15) is 0 Å². The van der Waals surface area contributed by atoms with Crippen LogP contribution in [0.1, 0.15) is 22.3 Å². The lowest BCUT2D eigenvalue weighted by molar-refractivity contribution is 0.525. The lowest BCUT2D eigenvalue weighted by atomic mass is 10.2. The number of nitrogens with two attached hydrogens (primary N) is 1. The number of hydrazine groups is 1. The highest BCUT2D eigenvalue weighted by Gasteiger charge is 2.14. The summed E-state index contributed by atoms with van der Waals surface area (Å²) in [5.74, 6) is 6.29. The van der Waals surface area contributed by atoms with E-state index in [4.69, 9.17) is 5.84 Å². The highest BCUT2D eigenvalue weighted by molar-refractivity contribution is 9.11. The molecule has 0 aliphatic heterocycles. The van der Waals surface area contributed by atoms with Gasteiger partial charge in [0.05, 0.1) is 9.83 Å². The molecule has 2 aromatic heterocycles. The van der Waals surface area contributed by atoms with E-state index in [1.165, 1.54) is 4.88 Å². The number of nitrogens with one attached hydrogen (secondary N) is 1. The molecule has 2 rings (SSSR count). The van der Waals surface area contributed by atoms with Crippen LogP contribution in [-0.2, 0) is 6.42 Å². The highest BCUT2D eigenvalue weighted by Crippen LogP contribution is 2.25. The summed E-state index contributed by atoms with van der Waals surface area (Å²) in [5, 5.41) is 0. The van der Waals surface area contributed by atoms with Crippen LogP contribution in [0.5, 0.6) is 0 Å². The molecule has 2 aromatic rings. The summed E-state index contributed by atoms with van der Waals surface area (Å²) in [6, 6.07) is 4.05. The largest absolute Gasteiger partial charge is 0.271 e. The molecule has 0 saturated heterocycles. The Balaban J connectivity index is 2.13. The Morgan fingerprint density at radius 2 is 2.12 bits per heavy atom. The first-order valence-electron chi connectivity index (χ1n) is 5.18. The molecule has 2 heterocycles. The summed E-state index contributed by atoms with van der Waals surface area (Å²) in [4.78, 5) is 9.82. The number of hydrogen-bond donors (Lipinski definition) is 2. The van der Waals surface area contributed by atoms with E-state index in [2.05, 4.69) is 37.4 Å². The van der Waals surface area contributed by atoms with Crippen LogP contribution in [0.2, 0.25) is 0 Å². The monoisotopic (exact) mass is 312 g/mol. The van der Waals surface area contributed by atoms with Crippen molar-refractivity contribution >= 4 is 27.3 Å². The standard InChI is InChI=1S/C11H13BrN4S/c1-7-5-14-11(15-6-7)9(16-13)4-8-2-3-10(12)17-8/h2-3,5-6,9,16H,4,13H2,1H3. The molecule has 0 spiro atoms. The number of nitrogens with zero attached hydrogens (tertiary/aromatic N) is 2. The average molecular weight is 313 g/mol. The summed E-state index contributed by atoms with van der Waals surface area (Å²) in [6.45, 7) is 1.96. The molecule has 4 nitrogen and oxygen atoms in total. The van der Waals surface area contributed by atoms with Crippen molar-refractivity contribution in [2.24, 2.45) is 5.84 Å². The lowest BCUT2D eigenvalue weighted by Crippen LogP contribution is -2.30. The third-order valence-electron chi connectivity index (χ3n) is 2.35. The zero-order valence-electron chi connectivity index (χ0n) is 9.35. The van der Waals surface area contributed by atoms with Gasteiger partial charge in [0.25, 0.3) is 0 Å². The van der Waals surface area contributed by atoms with Crippen molar-refractivity contribution in [1.29, 1.82) is 0 Å². The first-order chi connectivity index (χ1) is 8.19. The summed E-state index contributed by atoms with van der Waals surface area (Å²) >= 11 is 5.14. The van der Waals surface area contributed by atoms with Gasteiger partial charge in [-0.3, -0.25) is 5.84 Å². The molecule has 6 heteroatoms. The van der Waals surface area contributed by atoms with Gasteiger partial charge in [0, 0.05) is 23.7 Å². The Morgan fingerprint density at radius 3 is 2.65 bits per heavy atom. The molecule has 1 atom stereocenters. The second-order valence-corrected chi connectivity index (χ2v) is 6.30. The fourth-order valence-electron chi connectivity index (χ4n) is 1.47. The topological polar surface area (TPSA) is 63.8 Å². The molecule has 0 amide bonds. The minimum atomic E-state index is -0.0545. The summed E-state index contributed by atoms with van der Waals surface area (Å²) in [7, 11) is 0. The van der Waals surface area contributed by atoms with E-state index in [1.807, 2.05) is 13.0 Å². The molecule has 17 heavy (non-hydrogen) atoms. The zero-order chi connectivity index (χ0) is 12.3. The van der Waals surface area contributed by atoms with Crippen molar-refractivity contribution in [3.8, 4) is 0 Å². The molecular weight excluding hydrogens is 300 g/mol. The van der Waals surface area contributed by atoms with Gasteiger partial charge in [0.1, 0.15) is 5.82 Å². The van der Waals surface area contributed by atoms with Crippen molar-refractivity contribution in [3.05, 3.63) is 44.6 Å². The maximum absolute atomic E-state index is 5.56. The van der Waals surface area contributed by atoms with Crippen LogP contribution in [-0.4, -0.2) is 9.97 Å². The van der Waals surface area contributed by atoms with Gasteiger partial charge >= 0.3 is 0 Å². The molecule has 0 radical (unpaired) electrons. The molecule has 0 bridgehead atoms. The van der Waals surface area contributed by atoms with Crippen LogP contribution in [0, 0.1) is 6.92 Å². The number of aromatic nitrogens is 2. The van der Waals surface area contributed by atoms with E-state index in [0.29, 0.717) is 0 Å². The van der Waals surface area contributed by atoms with Gasteiger partial charge in [-0.05, 0) is 40.5 Å². The smallest absolute Gasteiger partial charge is 0.146 e. The van der Waals surface area contributed by atoms with Crippen LogP contribution in [0.25, 0.3) is 0 Å². The predicted octanol–water partition coefficient (Wildman–Crippen LogP) is 2.36. The van der Waals surface area contributed by atoms with Gasteiger partial charge in [0.15, 0.2) is 0 Å². The summed E-state index contributed by atoms with van der Waals surface area (Å²) in [6.07, 6.45) is 4.39. The van der Waals surface area contributed by atoms with E-state index >= 15 is 0 Å². The summed E-state index contributed by atoms with van der Waals surface area (Å²) < 4.78 is 1.12. The maximum atomic E-state index is 5.56. The summed E-state index contributed by atoms with van der Waals surface area (Å²) in [5.41, 5.74) is 3.81. The normalized spacial score (nSPS) is 12.6. The Kier molecular flexibility index (Phi) is 4.22. The Bertz CT molecular complexity index is 482. The minimum absolute atomic E-state index is 0.0545. The predicted molar refractivity (Wildman–Crippen MR) is 72.6 cm³/mol. The van der Waals surface area contributed by atoms with Gasteiger partial charge in [-0.25, -0.2) is 15.4 Å². The minimum Gasteiger partial charge on any atom is -0.271 e. The fourth-order valence-corrected chi connectivity index (χ4v) is 3.00. The number of rotatable bonds is 4.